The zero-order valence-corrected chi connectivity index (χ0v) is 11.4. The van der Waals surface area contributed by atoms with Crippen LogP contribution in [0.1, 0.15) is 45.4 Å². The quantitative estimate of drug-likeness (QED) is 0.399. The minimum atomic E-state index is -0.550. The van der Waals surface area contributed by atoms with Crippen LogP contribution in [0.2, 0.25) is 0 Å². The van der Waals surface area contributed by atoms with Crippen LogP contribution < -0.4 is 16.6 Å². The molecule has 19 heavy (non-hydrogen) atoms. The largest absolute Gasteiger partial charge is 0.344 e. The predicted octanol–water partition coefficient (Wildman–Crippen LogP) is 0.697. The van der Waals surface area contributed by atoms with Gasteiger partial charge in [0.25, 0.3) is 5.91 Å². The van der Waals surface area contributed by atoms with Gasteiger partial charge in [0.1, 0.15) is 6.04 Å². The van der Waals surface area contributed by atoms with Crippen LogP contribution in [0.25, 0.3) is 0 Å². The van der Waals surface area contributed by atoms with Crippen LogP contribution in [0.15, 0.2) is 0 Å². The summed E-state index contributed by atoms with van der Waals surface area (Å²) in [6.07, 6.45) is 6.98. The fraction of sp³-hybridized carbons (Fsp3) is 0.857. The molecule has 4 aliphatic carbocycles. The van der Waals surface area contributed by atoms with Crippen molar-refractivity contribution in [2.24, 2.45) is 29.0 Å². The van der Waals surface area contributed by atoms with Crippen molar-refractivity contribution in [1.29, 1.82) is 0 Å². The van der Waals surface area contributed by atoms with E-state index in [1.807, 2.05) is 0 Å². The number of carbonyl (C=O) groups excluding carboxylic acids is 2. The topological polar surface area (TPSA) is 84.2 Å². The first-order chi connectivity index (χ1) is 9.02. The first-order valence-electron chi connectivity index (χ1n) is 7.34. The van der Waals surface area contributed by atoms with Crippen LogP contribution in [0.3, 0.4) is 0 Å². The van der Waals surface area contributed by atoms with E-state index < -0.39 is 6.04 Å². The van der Waals surface area contributed by atoms with Gasteiger partial charge < -0.3 is 5.32 Å². The summed E-state index contributed by atoms with van der Waals surface area (Å²) < 4.78 is 0. The van der Waals surface area contributed by atoms with E-state index in [0.717, 1.165) is 37.0 Å². The SMILES string of the molecule is CC(NC(=O)C12CC3CC(CC(C3)C1)C2)C(=O)NN. The molecule has 0 aromatic heterocycles. The second kappa shape index (κ2) is 4.47. The number of hydrogen-bond acceptors (Lipinski definition) is 3. The third-order valence-electron chi connectivity index (χ3n) is 5.40. The summed E-state index contributed by atoms with van der Waals surface area (Å²) >= 11 is 0. The highest BCUT2D eigenvalue weighted by Crippen LogP contribution is 2.60. The number of nitrogens with two attached hydrogens (primary N) is 1. The molecule has 0 spiro atoms. The molecule has 2 amide bonds. The average molecular weight is 265 g/mol. The fourth-order valence-corrected chi connectivity index (χ4v) is 4.93. The fourth-order valence-electron chi connectivity index (χ4n) is 4.93. The highest BCUT2D eigenvalue weighted by Gasteiger charge is 2.54. The van der Waals surface area contributed by atoms with E-state index >= 15 is 0 Å². The van der Waals surface area contributed by atoms with Crippen molar-refractivity contribution < 1.29 is 9.59 Å². The van der Waals surface area contributed by atoms with Crippen molar-refractivity contribution in [3.05, 3.63) is 0 Å². The Bertz CT molecular complexity index is 372. The molecule has 106 valence electrons. The molecule has 0 saturated heterocycles. The third kappa shape index (κ3) is 2.14. The molecule has 4 saturated carbocycles. The molecular formula is C14H23N3O2. The molecule has 4 aliphatic rings. The smallest absolute Gasteiger partial charge is 0.256 e. The Hall–Kier alpha value is -1.10. The number of amides is 2. The molecule has 0 heterocycles. The second-order valence-electron chi connectivity index (χ2n) is 6.90. The summed E-state index contributed by atoms with van der Waals surface area (Å²) in [5.74, 6) is 7.04. The van der Waals surface area contributed by atoms with Gasteiger partial charge >= 0.3 is 0 Å². The Labute approximate surface area is 113 Å². The molecule has 5 heteroatoms. The Morgan fingerprint density at radius 2 is 1.58 bits per heavy atom. The maximum atomic E-state index is 12.6. The summed E-state index contributed by atoms with van der Waals surface area (Å²) in [7, 11) is 0. The first-order valence-corrected chi connectivity index (χ1v) is 7.34. The van der Waals surface area contributed by atoms with E-state index in [0.29, 0.717) is 0 Å². The zero-order valence-electron chi connectivity index (χ0n) is 11.4. The normalized spacial score (nSPS) is 40.8. The number of hydrazine groups is 1. The third-order valence-corrected chi connectivity index (χ3v) is 5.40. The lowest BCUT2D eigenvalue weighted by Crippen LogP contribution is -2.57. The average Bonchev–Trinajstić information content (AvgIpc) is 2.36. The van der Waals surface area contributed by atoms with Gasteiger partial charge in [-0.05, 0) is 63.2 Å². The molecule has 5 nitrogen and oxygen atoms in total. The van der Waals surface area contributed by atoms with Crippen molar-refractivity contribution in [1.82, 2.24) is 10.7 Å². The molecule has 4 fully saturated rings. The Morgan fingerprint density at radius 1 is 1.11 bits per heavy atom. The summed E-state index contributed by atoms with van der Waals surface area (Å²) in [5.41, 5.74) is 1.89. The van der Waals surface area contributed by atoms with E-state index in [1.54, 1.807) is 6.92 Å². The molecule has 1 atom stereocenters. The highest BCUT2D eigenvalue weighted by molar-refractivity contribution is 5.89. The van der Waals surface area contributed by atoms with Crippen molar-refractivity contribution >= 4 is 11.8 Å². The van der Waals surface area contributed by atoms with Gasteiger partial charge in [-0.15, -0.1) is 0 Å². The molecule has 0 aromatic rings. The minimum Gasteiger partial charge on any atom is -0.344 e. The number of hydrogen-bond donors (Lipinski definition) is 3. The molecule has 4 rings (SSSR count). The predicted molar refractivity (Wildman–Crippen MR) is 70.5 cm³/mol. The van der Waals surface area contributed by atoms with Gasteiger partial charge in [0, 0.05) is 5.41 Å². The zero-order chi connectivity index (χ0) is 13.6. The van der Waals surface area contributed by atoms with Crippen LogP contribution in [0.4, 0.5) is 0 Å². The Kier molecular flexibility index (Phi) is 3.04. The van der Waals surface area contributed by atoms with Gasteiger partial charge in [0.2, 0.25) is 5.91 Å². The van der Waals surface area contributed by atoms with Crippen LogP contribution in [0, 0.1) is 23.2 Å². The number of carbonyl (C=O) groups is 2. The van der Waals surface area contributed by atoms with Crippen molar-refractivity contribution in [2.75, 3.05) is 0 Å². The maximum absolute atomic E-state index is 12.6. The van der Waals surface area contributed by atoms with Gasteiger partial charge in [-0.1, -0.05) is 0 Å². The summed E-state index contributed by atoms with van der Waals surface area (Å²) in [4.78, 5) is 24.0. The van der Waals surface area contributed by atoms with E-state index in [-0.39, 0.29) is 17.2 Å². The van der Waals surface area contributed by atoms with Crippen molar-refractivity contribution in [2.45, 2.75) is 51.5 Å². The molecule has 0 aromatic carbocycles. The van der Waals surface area contributed by atoms with Gasteiger partial charge in [0.15, 0.2) is 0 Å². The van der Waals surface area contributed by atoms with Gasteiger partial charge in [0.05, 0.1) is 0 Å². The van der Waals surface area contributed by atoms with E-state index in [9.17, 15) is 9.59 Å². The van der Waals surface area contributed by atoms with E-state index in [4.69, 9.17) is 5.84 Å². The molecule has 0 radical (unpaired) electrons. The molecule has 4 N–H and O–H groups in total. The highest BCUT2D eigenvalue weighted by atomic mass is 16.2. The van der Waals surface area contributed by atoms with Gasteiger partial charge in [-0.2, -0.15) is 0 Å². The maximum Gasteiger partial charge on any atom is 0.256 e. The number of nitrogens with one attached hydrogen (secondary N) is 2. The molecule has 0 aliphatic heterocycles. The standard InChI is InChI=1S/C14H23N3O2/c1-8(12(18)17-15)16-13(19)14-5-9-2-10(6-14)4-11(3-9)7-14/h8-11H,2-7,15H2,1H3,(H,16,19)(H,17,18). The van der Waals surface area contributed by atoms with Gasteiger partial charge in [-0.3, -0.25) is 15.0 Å². The molecule has 1 unspecified atom stereocenters. The summed E-state index contributed by atoms with van der Waals surface area (Å²) in [6, 6.07) is -0.550. The Balaban J connectivity index is 1.71. The van der Waals surface area contributed by atoms with Crippen molar-refractivity contribution in [3.8, 4) is 0 Å². The van der Waals surface area contributed by atoms with E-state index in [1.165, 1.54) is 19.3 Å². The summed E-state index contributed by atoms with van der Waals surface area (Å²) in [6.45, 7) is 1.68. The van der Waals surface area contributed by atoms with Crippen molar-refractivity contribution in [3.63, 3.8) is 0 Å². The van der Waals surface area contributed by atoms with Crippen LogP contribution >= 0.6 is 0 Å². The first kappa shape index (κ1) is 12.9. The van der Waals surface area contributed by atoms with Crippen LogP contribution in [0.5, 0.6) is 0 Å². The monoisotopic (exact) mass is 265 g/mol. The minimum absolute atomic E-state index is 0.0719. The second-order valence-corrected chi connectivity index (χ2v) is 6.90. The summed E-state index contributed by atoms with van der Waals surface area (Å²) in [5, 5.41) is 2.86. The van der Waals surface area contributed by atoms with E-state index in [2.05, 4.69) is 10.7 Å². The molecule has 4 bridgehead atoms. The lowest BCUT2D eigenvalue weighted by Gasteiger charge is -2.55. The molecular weight excluding hydrogens is 242 g/mol. The number of rotatable bonds is 3. The lowest BCUT2D eigenvalue weighted by atomic mass is 9.49. The van der Waals surface area contributed by atoms with Crippen LogP contribution in [-0.4, -0.2) is 17.9 Å². The lowest BCUT2D eigenvalue weighted by molar-refractivity contribution is -0.148. The van der Waals surface area contributed by atoms with Gasteiger partial charge in [-0.25, -0.2) is 5.84 Å². The Morgan fingerprint density at radius 3 is 2.00 bits per heavy atom. The van der Waals surface area contributed by atoms with Crippen LogP contribution in [-0.2, 0) is 9.59 Å².